The van der Waals surface area contributed by atoms with Gasteiger partial charge in [-0.1, -0.05) is 18.2 Å². The van der Waals surface area contributed by atoms with Crippen LogP contribution in [0.1, 0.15) is 33.9 Å². The summed E-state index contributed by atoms with van der Waals surface area (Å²) in [7, 11) is 0. The minimum Gasteiger partial charge on any atom is -0.368 e. The average Bonchev–Trinajstić information content (AvgIpc) is 2.76. The van der Waals surface area contributed by atoms with Crippen LogP contribution in [0.25, 0.3) is 0 Å². The van der Waals surface area contributed by atoms with E-state index in [1.165, 1.54) is 36.4 Å². The number of hydrogen-bond acceptors (Lipinski definition) is 3. The van der Waals surface area contributed by atoms with E-state index < -0.39 is 23.6 Å². The van der Waals surface area contributed by atoms with Gasteiger partial charge in [0.05, 0.1) is 0 Å². The molecule has 1 aliphatic heterocycles. The first-order chi connectivity index (χ1) is 14.9. The molecule has 31 heavy (non-hydrogen) atoms. The van der Waals surface area contributed by atoms with Crippen molar-refractivity contribution >= 4 is 23.2 Å². The first kappa shape index (κ1) is 20.5. The molecule has 3 N–H and O–H groups in total. The molecule has 0 aliphatic carbocycles. The van der Waals surface area contributed by atoms with Crippen LogP contribution in [0.2, 0.25) is 0 Å². The third-order valence-corrected chi connectivity index (χ3v) is 5.41. The average molecular weight is 421 g/mol. The van der Waals surface area contributed by atoms with Gasteiger partial charge in [0, 0.05) is 23.5 Å². The summed E-state index contributed by atoms with van der Waals surface area (Å²) in [6.45, 7) is 0.591. The van der Waals surface area contributed by atoms with Gasteiger partial charge in [-0.25, -0.2) is 8.78 Å². The largest absolute Gasteiger partial charge is 0.368 e. The maximum atomic E-state index is 13.4. The highest BCUT2D eigenvalue weighted by Crippen LogP contribution is 2.38. The van der Waals surface area contributed by atoms with Gasteiger partial charge >= 0.3 is 0 Å². The maximum Gasteiger partial charge on any atom is 0.255 e. The molecule has 0 bridgehead atoms. The van der Waals surface area contributed by atoms with Gasteiger partial charge in [0.2, 0.25) is 5.91 Å². The van der Waals surface area contributed by atoms with Gasteiger partial charge in [-0.3, -0.25) is 9.59 Å². The fourth-order valence-electron chi connectivity index (χ4n) is 3.98. The van der Waals surface area contributed by atoms with Crippen LogP contribution in [-0.2, 0) is 11.2 Å². The number of nitrogens with zero attached hydrogens (tertiary/aromatic N) is 1. The Bertz CT molecular complexity index is 1110. The molecular weight excluding hydrogens is 400 g/mol. The molecule has 1 atom stereocenters. The zero-order chi connectivity index (χ0) is 22.0. The fourth-order valence-corrected chi connectivity index (χ4v) is 3.98. The number of halogens is 2. The Morgan fingerprint density at radius 3 is 2.23 bits per heavy atom. The van der Waals surface area contributed by atoms with Crippen LogP contribution in [0.15, 0.2) is 66.7 Å². The Labute approximate surface area is 178 Å². The zero-order valence-corrected chi connectivity index (χ0v) is 16.6. The molecule has 0 fully saturated rings. The topological polar surface area (TPSA) is 75.4 Å². The summed E-state index contributed by atoms with van der Waals surface area (Å²) < 4.78 is 26.5. The summed E-state index contributed by atoms with van der Waals surface area (Å²) in [5.41, 5.74) is 8.97. The maximum absolute atomic E-state index is 13.4. The second-order valence-electron chi connectivity index (χ2n) is 7.42. The molecule has 158 valence electrons. The van der Waals surface area contributed by atoms with E-state index in [0.717, 1.165) is 17.7 Å². The Kier molecular flexibility index (Phi) is 5.66. The van der Waals surface area contributed by atoms with Crippen LogP contribution in [0.3, 0.4) is 0 Å². The first-order valence-electron chi connectivity index (χ1n) is 9.94. The van der Waals surface area contributed by atoms with Crippen molar-refractivity contribution in [1.82, 2.24) is 0 Å². The molecule has 0 unspecified atom stereocenters. The molecule has 3 aromatic carbocycles. The zero-order valence-electron chi connectivity index (χ0n) is 16.6. The van der Waals surface area contributed by atoms with Crippen molar-refractivity contribution < 1.29 is 18.4 Å². The molecule has 7 heteroatoms. The van der Waals surface area contributed by atoms with Gasteiger partial charge in [0.25, 0.3) is 5.91 Å². The van der Waals surface area contributed by atoms with Crippen LogP contribution in [0.4, 0.5) is 20.2 Å². The lowest BCUT2D eigenvalue weighted by Gasteiger charge is -2.37. The van der Waals surface area contributed by atoms with E-state index in [1.54, 1.807) is 24.3 Å². The third-order valence-electron chi connectivity index (χ3n) is 5.41. The van der Waals surface area contributed by atoms with E-state index in [4.69, 9.17) is 5.73 Å². The highest BCUT2D eigenvalue weighted by molar-refractivity contribution is 6.05. The first-order valence-corrected chi connectivity index (χ1v) is 9.94. The number of carbonyl (C=O) groups is 2. The summed E-state index contributed by atoms with van der Waals surface area (Å²) in [6, 6.07) is 15.7. The third kappa shape index (κ3) is 4.26. The Balaban J connectivity index is 1.67. The fraction of sp³-hybridized carbons (Fsp3) is 0.167. The van der Waals surface area contributed by atoms with Gasteiger partial charge in [0.1, 0.15) is 17.7 Å². The quantitative estimate of drug-likeness (QED) is 0.649. The Morgan fingerprint density at radius 1 is 0.935 bits per heavy atom. The number of amides is 2. The minimum absolute atomic E-state index is 0.341. The van der Waals surface area contributed by atoms with E-state index in [1.807, 2.05) is 11.0 Å². The molecular formula is C24H21F2N3O2. The normalized spacial score (nSPS) is 13.9. The second kappa shape index (κ2) is 8.55. The van der Waals surface area contributed by atoms with Gasteiger partial charge in [-0.05, 0) is 72.5 Å². The van der Waals surface area contributed by atoms with E-state index in [2.05, 4.69) is 5.32 Å². The lowest BCUT2D eigenvalue weighted by molar-refractivity contribution is -0.119. The number of fused-ring (bicyclic) bond motifs is 1. The summed E-state index contributed by atoms with van der Waals surface area (Å²) in [5, 5.41) is 2.89. The molecule has 0 saturated heterocycles. The summed E-state index contributed by atoms with van der Waals surface area (Å²) in [4.78, 5) is 26.9. The molecule has 1 heterocycles. The molecule has 4 rings (SSSR count). The Morgan fingerprint density at radius 2 is 1.58 bits per heavy atom. The smallest absolute Gasteiger partial charge is 0.255 e. The lowest BCUT2D eigenvalue weighted by Crippen LogP contribution is -2.41. The van der Waals surface area contributed by atoms with Crippen molar-refractivity contribution in [3.8, 4) is 0 Å². The highest BCUT2D eigenvalue weighted by atomic mass is 19.1. The van der Waals surface area contributed by atoms with Gasteiger partial charge in [-0.15, -0.1) is 0 Å². The second-order valence-corrected chi connectivity index (χ2v) is 7.42. The van der Waals surface area contributed by atoms with E-state index in [0.29, 0.717) is 29.8 Å². The standard InChI is InChI=1S/C24H21F2N3O2/c25-17-10-6-15(7-11-17)22(23(27)30)29-14-2-3-19-20(4-1-5-21(19)29)28-24(31)16-8-12-18(26)13-9-16/h1,4-13,22H,2-3,14H2,(H2,27,30)(H,28,31)/t22-/m1/s1. The van der Waals surface area contributed by atoms with Crippen LogP contribution in [0, 0.1) is 11.6 Å². The molecule has 0 aromatic heterocycles. The molecule has 5 nitrogen and oxygen atoms in total. The van der Waals surface area contributed by atoms with Crippen LogP contribution < -0.4 is 16.0 Å². The van der Waals surface area contributed by atoms with E-state index >= 15 is 0 Å². The van der Waals surface area contributed by atoms with Gasteiger partial charge in [0.15, 0.2) is 0 Å². The molecule has 0 radical (unpaired) electrons. The molecule has 2 amide bonds. The van der Waals surface area contributed by atoms with Crippen LogP contribution >= 0.6 is 0 Å². The monoisotopic (exact) mass is 421 g/mol. The van der Waals surface area contributed by atoms with E-state index in [9.17, 15) is 18.4 Å². The molecule has 3 aromatic rings. The predicted octanol–water partition coefficient (Wildman–Crippen LogP) is 4.20. The Hall–Kier alpha value is -3.74. The van der Waals surface area contributed by atoms with Crippen LogP contribution in [-0.4, -0.2) is 18.4 Å². The summed E-state index contributed by atoms with van der Waals surface area (Å²) in [6.07, 6.45) is 1.46. The van der Waals surface area contributed by atoms with Crippen molar-refractivity contribution in [2.24, 2.45) is 5.73 Å². The van der Waals surface area contributed by atoms with Crippen molar-refractivity contribution in [2.45, 2.75) is 18.9 Å². The van der Waals surface area contributed by atoms with Crippen molar-refractivity contribution in [1.29, 1.82) is 0 Å². The predicted molar refractivity (Wildman–Crippen MR) is 115 cm³/mol. The molecule has 1 aliphatic rings. The SMILES string of the molecule is NC(=O)[C@@H](c1ccc(F)cc1)N1CCCc2c(NC(=O)c3ccc(F)cc3)cccc21. The number of rotatable bonds is 5. The lowest BCUT2D eigenvalue weighted by atomic mass is 9.95. The highest BCUT2D eigenvalue weighted by Gasteiger charge is 2.30. The molecule has 0 spiro atoms. The van der Waals surface area contributed by atoms with Crippen molar-refractivity contribution in [3.05, 3.63) is 95.1 Å². The number of primary amides is 1. The number of nitrogens with two attached hydrogens (primary N) is 1. The minimum atomic E-state index is -0.761. The number of anilines is 2. The van der Waals surface area contributed by atoms with Gasteiger partial charge in [-0.2, -0.15) is 0 Å². The van der Waals surface area contributed by atoms with Crippen LogP contribution in [0.5, 0.6) is 0 Å². The number of carbonyl (C=O) groups excluding carboxylic acids is 2. The number of benzene rings is 3. The summed E-state index contributed by atoms with van der Waals surface area (Å²) in [5.74, 6) is -1.70. The number of nitrogens with one attached hydrogen (secondary N) is 1. The van der Waals surface area contributed by atoms with Gasteiger partial charge < -0.3 is 16.0 Å². The van der Waals surface area contributed by atoms with Crippen molar-refractivity contribution in [3.63, 3.8) is 0 Å². The van der Waals surface area contributed by atoms with Crippen molar-refractivity contribution in [2.75, 3.05) is 16.8 Å². The molecule has 0 saturated carbocycles. The number of hydrogen-bond donors (Lipinski definition) is 2. The summed E-state index contributed by atoms with van der Waals surface area (Å²) >= 11 is 0. The van der Waals surface area contributed by atoms with E-state index in [-0.39, 0.29) is 5.91 Å².